The standard InChI is InChI=1S/C12H14BrNO2/c1-16-11-6-7-14(8-11)12(15)9-2-4-10(13)5-3-9/h2-5,11H,6-8H2,1H3. The largest absolute Gasteiger partial charge is 0.380 e. The maximum atomic E-state index is 12.1. The molecule has 0 saturated carbocycles. The van der Waals surface area contributed by atoms with Crippen molar-refractivity contribution in [2.45, 2.75) is 12.5 Å². The minimum atomic E-state index is 0.0899. The van der Waals surface area contributed by atoms with Gasteiger partial charge < -0.3 is 9.64 Å². The molecule has 16 heavy (non-hydrogen) atoms. The molecule has 3 nitrogen and oxygen atoms in total. The van der Waals surface area contributed by atoms with E-state index < -0.39 is 0 Å². The van der Waals surface area contributed by atoms with Gasteiger partial charge >= 0.3 is 0 Å². The summed E-state index contributed by atoms with van der Waals surface area (Å²) in [7, 11) is 1.69. The van der Waals surface area contributed by atoms with E-state index in [0.29, 0.717) is 6.54 Å². The van der Waals surface area contributed by atoms with Crippen molar-refractivity contribution in [2.24, 2.45) is 0 Å². The highest BCUT2D eigenvalue weighted by molar-refractivity contribution is 9.10. The molecule has 1 atom stereocenters. The van der Waals surface area contributed by atoms with E-state index in [1.807, 2.05) is 29.2 Å². The van der Waals surface area contributed by atoms with E-state index in [-0.39, 0.29) is 12.0 Å². The second kappa shape index (κ2) is 4.97. The van der Waals surface area contributed by atoms with Crippen LogP contribution in [0.15, 0.2) is 28.7 Å². The Morgan fingerprint density at radius 1 is 1.44 bits per heavy atom. The molecular weight excluding hydrogens is 270 g/mol. The summed E-state index contributed by atoms with van der Waals surface area (Å²) in [6.45, 7) is 1.48. The number of carbonyl (C=O) groups excluding carboxylic acids is 1. The Morgan fingerprint density at radius 2 is 2.12 bits per heavy atom. The van der Waals surface area contributed by atoms with Crippen LogP contribution in [0.2, 0.25) is 0 Å². The Morgan fingerprint density at radius 3 is 2.69 bits per heavy atom. The predicted molar refractivity (Wildman–Crippen MR) is 65.5 cm³/mol. The molecule has 0 N–H and O–H groups in total. The van der Waals surface area contributed by atoms with Gasteiger partial charge in [0.1, 0.15) is 0 Å². The molecular formula is C12H14BrNO2. The van der Waals surface area contributed by atoms with Gasteiger partial charge in [0, 0.05) is 30.2 Å². The van der Waals surface area contributed by atoms with E-state index >= 15 is 0 Å². The van der Waals surface area contributed by atoms with E-state index in [2.05, 4.69) is 15.9 Å². The van der Waals surface area contributed by atoms with E-state index in [4.69, 9.17) is 4.74 Å². The van der Waals surface area contributed by atoms with Crippen molar-refractivity contribution in [3.63, 3.8) is 0 Å². The topological polar surface area (TPSA) is 29.5 Å². The molecule has 1 heterocycles. The number of hydrogen-bond acceptors (Lipinski definition) is 2. The van der Waals surface area contributed by atoms with E-state index in [9.17, 15) is 4.79 Å². The zero-order valence-electron chi connectivity index (χ0n) is 9.15. The number of methoxy groups -OCH3 is 1. The second-order valence-electron chi connectivity index (χ2n) is 3.90. The Kier molecular flexibility index (Phi) is 3.61. The molecule has 1 amide bonds. The lowest BCUT2D eigenvalue weighted by molar-refractivity contribution is 0.0724. The van der Waals surface area contributed by atoms with Gasteiger partial charge in [-0.3, -0.25) is 4.79 Å². The molecule has 0 radical (unpaired) electrons. The molecule has 2 rings (SSSR count). The number of ether oxygens (including phenoxy) is 1. The van der Waals surface area contributed by atoms with Crippen LogP contribution in [0.5, 0.6) is 0 Å². The molecule has 4 heteroatoms. The molecule has 1 fully saturated rings. The van der Waals surface area contributed by atoms with Gasteiger partial charge in [-0.2, -0.15) is 0 Å². The number of rotatable bonds is 2. The maximum Gasteiger partial charge on any atom is 0.253 e. The predicted octanol–water partition coefficient (Wildman–Crippen LogP) is 2.31. The normalized spacial score (nSPS) is 20.1. The molecule has 1 aliphatic heterocycles. The van der Waals surface area contributed by atoms with Crippen molar-refractivity contribution < 1.29 is 9.53 Å². The quantitative estimate of drug-likeness (QED) is 0.834. The molecule has 1 aromatic carbocycles. The number of likely N-dealkylation sites (tertiary alicyclic amines) is 1. The smallest absolute Gasteiger partial charge is 0.253 e. The SMILES string of the molecule is COC1CCN(C(=O)c2ccc(Br)cc2)C1. The summed E-state index contributed by atoms with van der Waals surface area (Å²) in [5.74, 6) is 0.0899. The van der Waals surface area contributed by atoms with Gasteiger partial charge in [0.25, 0.3) is 5.91 Å². The van der Waals surface area contributed by atoms with Gasteiger partial charge in [-0.1, -0.05) is 15.9 Å². The van der Waals surface area contributed by atoms with Crippen LogP contribution in [0.25, 0.3) is 0 Å². The number of hydrogen-bond donors (Lipinski definition) is 0. The third kappa shape index (κ3) is 2.44. The molecule has 1 aromatic rings. The Hall–Kier alpha value is -0.870. The van der Waals surface area contributed by atoms with Crippen LogP contribution >= 0.6 is 15.9 Å². The summed E-state index contributed by atoms with van der Waals surface area (Å²) in [6.07, 6.45) is 1.12. The van der Waals surface area contributed by atoms with Gasteiger partial charge in [0.05, 0.1) is 6.10 Å². The minimum absolute atomic E-state index is 0.0899. The molecule has 0 spiro atoms. The molecule has 1 aliphatic rings. The number of amides is 1. The third-order valence-corrected chi connectivity index (χ3v) is 3.39. The van der Waals surface area contributed by atoms with Crippen LogP contribution in [0.4, 0.5) is 0 Å². The highest BCUT2D eigenvalue weighted by atomic mass is 79.9. The summed E-state index contributed by atoms with van der Waals surface area (Å²) in [4.78, 5) is 13.9. The van der Waals surface area contributed by atoms with Crippen molar-refractivity contribution >= 4 is 21.8 Å². The lowest BCUT2D eigenvalue weighted by Crippen LogP contribution is -2.29. The molecule has 0 aliphatic carbocycles. The van der Waals surface area contributed by atoms with E-state index in [0.717, 1.165) is 23.0 Å². The summed E-state index contributed by atoms with van der Waals surface area (Å²) in [6, 6.07) is 7.45. The summed E-state index contributed by atoms with van der Waals surface area (Å²) < 4.78 is 6.23. The van der Waals surface area contributed by atoms with Crippen LogP contribution in [0, 0.1) is 0 Å². The lowest BCUT2D eigenvalue weighted by Gasteiger charge is -2.16. The third-order valence-electron chi connectivity index (χ3n) is 2.86. The first kappa shape index (κ1) is 11.6. The molecule has 1 saturated heterocycles. The Balaban J connectivity index is 2.05. The second-order valence-corrected chi connectivity index (χ2v) is 4.82. The van der Waals surface area contributed by atoms with Gasteiger partial charge in [0.2, 0.25) is 0 Å². The number of nitrogens with zero attached hydrogens (tertiary/aromatic N) is 1. The first-order valence-electron chi connectivity index (χ1n) is 5.28. The van der Waals surface area contributed by atoms with E-state index in [1.165, 1.54) is 0 Å². The van der Waals surface area contributed by atoms with Crippen LogP contribution in [0.3, 0.4) is 0 Å². The first-order valence-corrected chi connectivity index (χ1v) is 6.07. The zero-order valence-corrected chi connectivity index (χ0v) is 10.7. The zero-order chi connectivity index (χ0) is 11.5. The highest BCUT2D eigenvalue weighted by Crippen LogP contribution is 2.17. The molecule has 0 bridgehead atoms. The van der Waals surface area contributed by atoms with Gasteiger partial charge in [-0.25, -0.2) is 0 Å². The summed E-state index contributed by atoms with van der Waals surface area (Å²) in [5.41, 5.74) is 0.736. The number of halogens is 1. The van der Waals surface area contributed by atoms with Crippen molar-refractivity contribution in [3.8, 4) is 0 Å². The van der Waals surface area contributed by atoms with Crippen LogP contribution in [0.1, 0.15) is 16.8 Å². The fourth-order valence-corrected chi connectivity index (χ4v) is 2.14. The fraction of sp³-hybridized carbons (Fsp3) is 0.417. The summed E-state index contributed by atoms with van der Waals surface area (Å²) >= 11 is 3.35. The number of carbonyl (C=O) groups is 1. The van der Waals surface area contributed by atoms with Crippen LogP contribution < -0.4 is 0 Å². The molecule has 86 valence electrons. The summed E-state index contributed by atoms with van der Waals surface area (Å²) in [5, 5.41) is 0. The van der Waals surface area contributed by atoms with Crippen molar-refractivity contribution in [1.82, 2.24) is 4.90 Å². The first-order chi connectivity index (χ1) is 7.70. The van der Waals surface area contributed by atoms with Gasteiger partial charge in [-0.05, 0) is 30.7 Å². The van der Waals surface area contributed by atoms with Crippen molar-refractivity contribution in [2.75, 3.05) is 20.2 Å². The fourth-order valence-electron chi connectivity index (χ4n) is 1.88. The minimum Gasteiger partial charge on any atom is -0.380 e. The Bertz CT molecular complexity index is 377. The van der Waals surface area contributed by atoms with Crippen LogP contribution in [-0.2, 0) is 4.74 Å². The van der Waals surface area contributed by atoms with Gasteiger partial charge in [-0.15, -0.1) is 0 Å². The molecule has 0 aromatic heterocycles. The average molecular weight is 284 g/mol. The lowest BCUT2D eigenvalue weighted by atomic mass is 10.2. The Labute approximate surface area is 104 Å². The molecule has 1 unspecified atom stereocenters. The van der Waals surface area contributed by atoms with Crippen LogP contribution in [-0.4, -0.2) is 37.1 Å². The monoisotopic (exact) mass is 283 g/mol. The van der Waals surface area contributed by atoms with Gasteiger partial charge in [0.15, 0.2) is 0 Å². The highest BCUT2D eigenvalue weighted by Gasteiger charge is 2.26. The maximum absolute atomic E-state index is 12.1. The van der Waals surface area contributed by atoms with Crippen molar-refractivity contribution in [3.05, 3.63) is 34.3 Å². The number of benzene rings is 1. The average Bonchev–Trinajstić information content (AvgIpc) is 2.77. The van der Waals surface area contributed by atoms with E-state index in [1.54, 1.807) is 7.11 Å². The van der Waals surface area contributed by atoms with Crippen molar-refractivity contribution in [1.29, 1.82) is 0 Å².